The molecule has 6 heteroatoms. The van der Waals surface area contributed by atoms with E-state index in [9.17, 15) is 9.59 Å². The molecule has 1 amide bonds. The Kier molecular flexibility index (Phi) is 3.12. The lowest BCUT2D eigenvalue weighted by Crippen LogP contribution is -2.30. The van der Waals surface area contributed by atoms with Crippen LogP contribution in [0.5, 0.6) is 0 Å². The Morgan fingerprint density at radius 3 is 2.53 bits per heavy atom. The number of carboxylic acids is 1. The van der Waals surface area contributed by atoms with Crippen LogP contribution in [0.25, 0.3) is 0 Å². The van der Waals surface area contributed by atoms with Crippen LogP contribution in [0.1, 0.15) is 19.7 Å². The van der Waals surface area contributed by atoms with Crippen LogP contribution >= 0.6 is 0 Å². The van der Waals surface area contributed by atoms with Crippen molar-refractivity contribution in [2.75, 3.05) is 7.05 Å². The second kappa shape index (κ2) is 4.36. The lowest BCUT2D eigenvalue weighted by molar-refractivity contribution is -0.141. The van der Waals surface area contributed by atoms with E-state index in [1.165, 1.54) is 0 Å². The van der Waals surface area contributed by atoms with Crippen LogP contribution in [-0.2, 0) is 23.2 Å². The van der Waals surface area contributed by atoms with Crippen LogP contribution in [0.3, 0.4) is 0 Å². The number of carboxylic acid groups (broad SMARTS) is 1. The summed E-state index contributed by atoms with van der Waals surface area (Å²) < 4.78 is 1.84. The molecule has 6 nitrogen and oxygen atoms in total. The molecule has 1 saturated carbocycles. The summed E-state index contributed by atoms with van der Waals surface area (Å²) in [5.41, 5.74) is -0.460. The molecule has 0 aliphatic heterocycles. The number of aromatic nitrogens is 2. The van der Waals surface area contributed by atoms with Crippen molar-refractivity contribution in [3.05, 3.63) is 18.2 Å². The summed E-state index contributed by atoms with van der Waals surface area (Å²) in [4.78, 5) is 29.1. The zero-order valence-corrected chi connectivity index (χ0v) is 11.6. The molecule has 1 aliphatic carbocycles. The molecule has 1 fully saturated rings. The monoisotopic (exact) mass is 265 g/mol. The molecule has 2 unspecified atom stereocenters. The normalized spacial score (nSPS) is 24.0. The van der Waals surface area contributed by atoms with Gasteiger partial charge in [-0.25, -0.2) is 4.98 Å². The van der Waals surface area contributed by atoms with Crippen molar-refractivity contribution in [3.63, 3.8) is 0 Å². The molecule has 1 heterocycles. The number of rotatable bonds is 4. The first-order valence-electron chi connectivity index (χ1n) is 6.20. The maximum absolute atomic E-state index is 12.3. The molecule has 19 heavy (non-hydrogen) atoms. The minimum atomic E-state index is -0.895. The van der Waals surface area contributed by atoms with Gasteiger partial charge in [0.15, 0.2) is 0 Å². The molecule has 1 N–H and O–H groups in total. The molecule has 104 valence electrons. The Morgan fingerprint density at radius 2 is 2.11 bits per heavy atom. The number of hydrogen-bond acceptors (Lipinski definition) is 3. The Bertz CT molecular complexity index is 521. The Balaban J connectivity index is 2.05. The summed E-state index contributed by atoms with van der Waals surface area (Å²) in [7, 11) is 3.55. The number of nitrogens with zero attached hydrogens (tertiary/aromatic N) is 3. The second-order valence-corrected chi connectivity index (χ2v) is 5.76. The van der Waals surface area contributed by atoms with Crippen molar-refractivity contribution in [3.8, 4) is 0 Å². The van der Waals surface area contributed by atoms with Gasteiger partial charge in [0.25, 0.3) is 0 Å². The van der Waals surface area contributed by atoms with Gasteiger partial charge in [0.2, 0.25) is 5.91 Å². The smallest absolute Gasteiger partial charge is 0.307 e. The molecule has 0 saturated heterocycles. The molecule has 2 rings (SSSR count). The zero-order valence-electron chi connectivity index (χ0n) is 11.6. The predicted octanol–water partition coefficient (Wildman–Crippen LogP) is 0.735. The number of carbonyl (C=O) groups is 2. The zero-order chi connectivity index (χ0) is 14.4. The molecule has 1 aromatic heterocycles. The van der Waals surface area contributed by atoms with Crippen molar-refractivity contribution in [1.82, 2.24) is 14.5 Å². The average molecular weight is 265 g/mol. The van der Waals surface area contributed by atoms with Crippen molar-refractivity contribution in [2.24, 2.45) is 24.3 Å². The highest BCUT2D eigenvalue weighted by molar-refractivity contribution is 5.91. The topological polar surface area (TPSA) is 75.4 Å². The third kappa shape index (κ3) is 2.22. The summed E-state index contributed by atoms with van der Waals surface area (Å²) in [6, 6.07) is 0. The average Bonchev–Trinajstić information content (AvgIpc) is 2.66. The number of aryl methyl sites for hydroxylation is 1. The van der Waals surface area contributed by atoms with Crippen LogP contribution in [0.4, 0.5) is 0 Å². The van der Waals surface area contributed by atoms with Gasteiger partial charge in [0, 0.05) is 26.5 Å². The maximum Gasteiger partial charge on any atom is 0.307 e. The summed E-state index contributed by atoms with van der Waals surface area (Å²) >= 11 is 0. The number of aliphatic carboxylic acids is 1. The Hall–Kier alpha value is -1.85. The van der Waals surface area contributed by atoms with E-state index in [1.807, 2.05) is 31.7 Å². The molecule has 1 aliphatic rings. The SMILES string of the molecule is CN(Cc1nccn1C)C(=O)C1C(C(=O)O)C1(C)C. The fraction of sp³-hybridized carbons (Fsp3) is 0.615. The summed E-state index contributed by atoms with van der Waals surface area (Å²) in [6.45, 7) is 4.03. The molecule has 2 atom stereocenters. The van der Waals surface area contributed by atoms with Crippen LogP contribution in [0.15, 0.2) is 12.4 Å². The van der Waals surface area contributed by atoms with E-state index in [4.69, 9.17) is 5.11 Å². The predicted molar refractivity (Wildman–Crippen MR) is 68.1 cm³/mol. The maximum atomic E-state index is 12.3. The highest BCUT2D eigenvalue weighted by Gasteiger charge is 2.66. The van der Waals surface area contributed by atoms with Crippen molar-refractivity contribution >= 4 is 11.9 Å². The number of carbonyl (C=O) groups excluding carboxylic acids is 1. The first-order chi connectivity index (χ1) is 8.76. The van der Waals surface area contributed by atoms with Crippen LogP contribution in [0.2, 0.25) is 0 Å². The summed E-state index contributed by atoms with van der Waals surface area (Å²) in [5.74, 6) is -1.26. The Labute approximate surface area is 112 Å². The van der Waals surface area contributed by atoms with Gasteiger partial charge in [-0.3, -0.25) is 9.59 Å². The molecular formula is C13H19N3O3. The highest BCUT2D eigenvalue weighted by atomic mass is 16.4. The molecule has 0 radical (unpaired) electrons. The fourth-order valence-electron chi connectivity index (χ4n) is 2.64. The lowest BCUT2D eigenvalue weighted by Gasteiger charge is -2.17. The second-order valence-electron chi connectivity index (χ2n) is 5.76. The first kappa shape index (κ1) is 13.6. The standard InChI is InChI=1S/C13H19N3O3/c1-13(2)9(10(13)12(18)19)11(17)16(4)7-8-14-5-6-15(8)3/h5-6,9-10H,7H2,1-4H3,(H,18,19). The largest absolute Gasteiger partial charge is 0.481 e. The van der Waals surface area contributed by atoms with E-state index in [2.05, 4.69) is 4.98 Å². The molecule has 0 spiro atoms. The number of amides is 1. The number of imidazole rings is 1. The van der Waals surface area contributed by atoms with Crippen molar-refractivity contribution in [1.29, 1.82) is 0 Å². The molecule has 1 aromatic rings. The van der Waals surface area contributed by atoms with E-state index in [1.54, 1.807) is 18.1 Å². The van der Waals surface area contributed by atoms with E-state index >= 15 is 0 Å². The van der Waals surface area contributed by atoms with Gasteiger partial charge in [-0.15, -0.1) is 0 Å². The van der Waals surface area contributed by atoms with Crippen LogP contribution in [-0.4, -0.2) is 38.5 Å². The summed E-state index contributed by atoms with van der Waals surface area (Å²) in [6.07, 6.45) is 3.49. The molecule has 0 bridgehead atoms. The van der Waals surface area contributed by atoms with Gasteiger partial charge in [-0.2, -0.15) is 0 Å². The van der Waals surface area contributed by atoms with E-state index in [0.29, 0.717) is 6.54 Å². The van der Waals surface area contributed by atoms with Gasteiger partial charge in [-0.05, 0) is 5.41 Å². The third-order valence-electron chi connectivity index (χ3n) is 4.04. The molecular weight excluding hydrogens is 246 g/mol. The van der Waals surface area contributed by atoms with Crippen LogP contribution < -0.4 is 0 Å². The van der Waals surface area contributed by atoms with E-state index < -0.39 is 23.2 Å². The third-order valence-corrected chi connectivity index (χ3v) is 4.04. The minimum absolute atomic E-state index is 0.125. The van der Waals surface area contributed by atoms with E-state index in [0.717, 1.165) is 5.82 Å². The van der Waals surface area contributed by atoms with Gasteiger partial charge in [0.05, 0.1) is 18.4 Å². The van der Waals surface area contributed by atoms with Gasteiger partial charge < -0.3 is 14.6 Å². The minimum Gasteiger partial charge on any atom is -0.481 e. The Morgan fingerprint density at radius 1 is 1.47 bits per heavy atom. The quantitative estimate of drug-likeness (QED) is 0.871. The fourth-order valence-corrected chi connectivity index (χ4v) is 2.64. The van der Waals surface area contributed by atoms with Crippen molar-refractivity contribution in [2.45, 2.75) is 20.4 Å². The number of hydrogen-bond donors (Lipinski definition) is 1. The van der Waals surface area contributed by atoms with Gasteiger partial charge in [0.1, 0.15) is 5.82 Å². The van der Waals surface area contributed by atoms with Gasteiger partial charge >= 0.3 is 5.97 Å². The van der Waals surface area contributed by atoms with Crippen LogP contribution in [0, 0.1) is 17.3 Å². The highest BCUT2D eigenvalue weighted by Crippen LogP contribution is 2.58. The van der Waals surface area contributed by atoms with Gasteiger partial charge in [-0.1, -0.05) is 13.8 Å². The first-order valence-corrected chi connectivity index (χ1v) is 6.20. The lowest BCUT2D eigenvalue weighted by atomic mass is 10.1. The van der Waals surface area contributed by atoms with Crippen molar-refractivity contribution < 1.29 is 14.7 Å². The summed E-state index contributed by atoms with van der Waals surface area (Å²) in [5, 5.41) is 9.10. The van der Waals surface area contributed by atoms with E-state index in [-0.39, 0.29) is 5.91 Å². The molecule has 0 aromatic carbocycles.